The molecule has 3 rings (SSSR count). The largest absolute Gasteiger partial charge is 0.469 e. The van der Waals surface area contributed by atoms with Gasteiger partial charge in [0.2, 0.25) is 5.91 Å². The third-order valence-corrected chi connectivity index (χ3v) is 6.22. The molecule has 6 nitrogen and oxygen atoms in total. The van der Waals surface area contributed by atoms with Gasteiger partial charge in [-0.25, -0.2) is 0 Å². The smallest absolute Gasteiger partial charge is 0.312 e. The van der Waals surface area contributed by atoms with E-state index in [1.54, 1.807) is 42.5 Å². The Bertz CT molecular complexity index is 853. The van der Waals surface area contributed by atoms with Crippen molar-refractivity contribution in [2.75, 3.05) is 18.2 Å². The number of rotatable bonds is 5. The molecule has 1 heterocycles. The summed E-state index contributed by atoms with van der Waals surface area (Å²) in [6, 6.07) is 4.31. The Morgan fingerprint density at radius 2 is 1.86 bits per heavy atom. The Morgan fingerprint density at radius 3 is 2.46 bits per heavy atom. The van der Waals surface area contributed by atoms with E-state index in [-0.39, 0.29) is 12.0 Å². The normalized spacial score (nSPS) is 25.5. The van der Waals surface area contributed by atoms with Crippen LogP contribution in [-0.2, 0) is 19.1 Å². The highest BCUT2D eigenvalue weighted by atomic mass is 35.5. The third kappa shape index (κ3) is 4.37. The number of carbonyl (C=O) groups is 3. The van der Waals surface area contributed by atoms with Gasteiger partial charge in [-0.15, -0.1) is 11.8 Å². The van der Waals surface area contributed by atoms with Gasteiger partial charge >= 0.3 is 5.97 Å². The number of hydrogen-bond donors (Lipinski definition) is 2. The first kappa shape index (κ1) is 20.8. The van der Waals surface area contributed by atoms with Crippen LogP contribution in [0, 0.1) is 5.92 Å². The fourth-order valence-electron chi connectivity index (χ4n) is 3.09. The summed E-state index contributed by atoms with van der Waals surface area (Å²) < 4.78 is 3.32. The van der Waals surface area contributed by atoms with Crippen molar-refractivity contribution in [1.29, 1.82) is 0 Å². The minimum absolute atomic E-state index is 0.350. The number of methoxy groups -OCH3 is 1. The molecular weight excluding hydrogens is 423 g/mol. The summed E-state index contributed by atoms with van der Waals surface area (Å²) in [4.78, 5) is 37.6. The van der Waals surface area contributed by atoms with Crippen LogP contribution in [-0.4, -0.2) is 41.4 Å². The highest BCUT2D eigenvalue weighted by Gasteiger charge is 2.47. The second kappa shape index (κ2) is 8.59. The Balaban J connectivity index is 1.72. The molecule has 0 spiro atoms. The van der Waals surface area contributed by atoms with E-state index in [1.165, 1.54) is 18.9 Å². The molecule has 1 aliphatic carbocycles. The van der Waals surface area contributed by atoms with Gasteiger partial charge in [0.25, 0.3) is 5.91 Å². The number of halogens is 2. The van der Waals surface area contributed by atoms with Crippen LogP contribution in [0.3, 0.4) is 0 Å². The highest BCUT2D eigenvalue weighted by Crippen LogP contribution is 2.35. The molecule has 0 bridgehead atoms. The van der Waals surface area contributed by atoms with Crippen molar-refractivity contribution in [3.8, 4) is 0 Å². The van der Waals surface area contributed by atoms with Crippen molar-refractivity contribution in [1.82, 2.24) is 5.32 Å². The lowest BCUT2D eigenvalue weighted by molar-refractivity contribution is -0.144. The lowest BCUT2D eigenvalue weighted by Gasteiger charge is -2.26. The first-order valence-corrected chi connectivity index (χ1v) is 10.2. The van der Waals surface area contributed by atoms with Crippen LogP contribution in [0.1, 0.15) is 6.42 Å². The molecule has 0 radical (unpaired) electrons. The molecule has 0 aromatic heterocycles. The Kier molecular flexibility index (Phi) is 6.37. The Morgan fingerprint density at radius 1 is 1.14 bits per heavy atom. The first-order valence-electron chi connectivity index (χ1n) is 8.50. The summed E-state index contributed by atoms with van der Waals surface area (Å²) in [6.07, 6.45) is 7.20. The third-order valence-electron chi connectivity index (χ3n) is 4.46. The number of benzene rings is 1. The average Bonchev–Trinajstić information content (AvgIpc) is 3.30. The molecule has 0 saturated carbocycles. The zero-order valence-electron chi connectivity index (χ0n) is 14.9. The number of nitrogens with one attached hydrogen (secondary N) is 2. The molecule has 2 aliphatic rings. The zero-order chi connectivity index (χ0) is 20.3. The van der Waals surface area contributed by atoms with E-state index >= 15 is 0 Å². The zero-order valence-corrected chi connectivity index (χ0v) is 17.2. The second-order valence-electron chi connectivity index (χ2n) is 6.39. The van der Waals surface area contributed by atoms with Crippen molar-refractivity contribution in [2.45, 2.75) is 17.2 Å². The fourth-order valence-corrected chi connectivity index (χ4v) is 4.63. The summed E-state index contributed by atoms with van der Waals surface area (Å²) in [5, 5.41) is 6.31. The summed E-state index contributed by atoms with van der Waals surface area (Å²) in [7, 11) is 1.32. The molecule has 9 heteroatoms. The van der Waals surface area contributed by atoms with E-state index < -0.39 is 22.5 Å². The number of carbonyl (C=O) groups excluding carboxylic acids is 3. The number of anilines is 1. The van der Waals surface area contributed by atoms with Gasteiger partial charge in [-0.3, -0.25) is 14.4 Å². The number of ether oxygens (including phenoxy) is 1. The number of amides is 2. The summed E-state index contributed by atoms with van der Waals surface area (Å²) in [6.45, 7) is 0. The summed E-state index contributed by atoms with van der Waals surface area (Å²) in [5.41, 5.74) is 0.405. The van der Waals surface area contributed by atoms with Crippen molar-refractivity contribution < 1.29 is 19.1 Å². The standard InChI is InChI=1S/C19H18Cl2N2O4S/c1-27-16(24)11-3-4-14(7-11)22-17(25)19(5-2-6-28-19)18(26)23-15-9-12(20)8-13(21)10-15/h2-5,8-11,14H,6-7H2,1H3,(H,22,25)(H,23,26)/t11?,14-,19?/m0/s1. The van der Waals surface area contributed by atoms with Crippen LogP contribution in [0.2, 0.25) is 10.0 Å². The van der Waals surface area contributed by atoms with Gasteiger partial charge in [-0.2, -0.15) is 0 Å². The van der Waals surface area contributed by atoms with Gasteiger partial charge in [0.15, 0.2) is 4.75 Å². The maximum Gasteiger partial charge on any atom is 0.312 e. The maximum atomic E-state index is 13.0. The molecule has 2 N–H and O–H groups in total. The predicted molar refractivity (Wildman–Crippen MR) is 111 cm³/mol. The van der Waals surface area contributed by atoms with Gasteiger partial charge in [-0.05, 0) is 24.6 Å². The highest BCUT2D eigenvalue weighted by molar-refractivity contribution is 8.02. The molecule has 0 saturated heterocycles. The van der Waals surface area contributed by atoms with E-state index in [9.17, 15) is 14.4 Å². The van der Waals surface area contributed by atoms with Crippen molar-refractivity contribution in [3.05, 3.63) is 52.5 Å². The van der Waals surface area contributed by atoms with Crippen LogP contribution in [0.25, 0.3) is 0 Å². The lowest BCUT2D eigenvalue weighted by Crippen LogP contribution is -2.52. The molecule has 2 amide bonds. The van der Waals surface area contributed by atoms with Crippen molar-refractivity contribution in [3.63, 3.8) is 0 Å². The maximum absolute atomic E-state index is 13.0. The molecule has 1 aromatic rings. The van der Waals surface area contributed by atoms with Crippen LogP contribution >= 0.6 is 35.0 Å². The van der Waals surface area contributed by atoms with E-state index in [0.717, 1.165) is 0 Å². The molecule has 2 unspecified atom stereocenters. The van der Waals surface area contributed by atoms with Crippen molar-refractivity contribution in [2.24, 2.45) is 5.92 Å². The molecule has 0 fully saturated rings. The van der Waals surface area contributed by atoms with E-state index in [0.29, 0.717) is 27.9 Å². The van der Waals surface area contributed by atoms with Gasteiger partial charge in [-0.1, -0.05) is 47.5 Å². The molecule has 28 heavy (non-hydrogen) atoms. The van der Waals surface area contributed by atoms with Gasteiger partial charge in [0.05, 0.1) is 13.0 Å². The van der Waals surface area contributed by atoms with E-state index in [4.69, 9.17) is 27.9 Å². The number of esters is 1. The van der Waals surface area contributed by atoms with Gasteiger partial charge in [0.1, 0.15) is 0 Å². The predicted octanol–water partition coefficient (Wildman–Crippen LogP) is 3.21. The average molecular weight is 441 g/mol. The summed E-state index contributed by atoms with van der Waals surface area (Å²) >= 11 is 13.2. The first-order chi connectivity index (χ1) is 13.3. The molecule has 148 valence electrons. The van der Waals surface area contributed by atoms with E-state index in [1.807, 2.05) is 0 Å². The van der Waals surface area contributed by atoms with Crippen LogP contribution in [0.4, 0.5) is 5.69 Å². The van der Waals surface area contributed by atoms with E-state index in [2.05, 4.69) is 10.6 Å². The fraction of sp³-hybridized carbons (Fsp3) is 0.316. The van der Waals surface area contributed by atoms with Crippen LogP contribution < -0.4 is 10.6 Å². The molecule has 1 aliphatic heterocycles. The van der Waals surface area contributed by atoms with Crippen LogP contribution in [0.5, 0.6) is 0 Å². The van der Waals surface area contributed by atoms with Gasteiger partial charge in [0, 0.05) is 27.5 Å². The Hall–Kier alpha value is -1.96. The monoisotopic (exact) mass is 440 g/mol. The molecule has 3 atom stereocenters. The molecular formula is C19H18Cl2N2O4S. The minimum atomic E-state index is -1.41. The number of thioether (sulfide) groups is 1. The molecule has 1 aromatic carbocycles. The topological polar surface area (TPSA) is 84.5 Å². The SMILES string of the molecule is COC(=O)C1C=C[C@H](NC(=O)C2(C(=O)Nc3cc(Cl)cc(Cl)c3)C=CCS2)C1. The quantitative estimate of drug-likeness (QED) is 0.417. The number of hydrogen-bond acceptors (Lipinski definition) is 5. The van der Waals surface area contributed by atoms with Crippen molar-refractivity contribution >= 4 is 58.4 Å². The van der Waals surface area contributed by atoms with Crippen LogP contribution in [0.15, 0.2) is 42.5 Å². The second-order valence-corrected chi connectivity index (χ2v) is 8.53. The summed E-state index contributed by atoms with van der Waals surface area (Å²) in [5.74, 6) is -1.16. The lowest BCUT2D eigenvalue weighted by atomic mass is 10.0. The Labute approximate surface area is 176 Å². The van der Waals surface area contributed by atoms with Gasteiger partial charge < -0.3 is 15.4 Å². The minimum Gasteiger partial charge on any atom is -0.469 e.